The van der Waals surface area contributed by atoms with E-state index in [4.69, 9.17) is 0 Å². The van der Waals surface area contributed by atoms with E-state index in [1.807, 2.05) is 28.0 Å². The monoisotopic (exact) mass is 557 g/mol. The van der Waals surface area contributed by atoms with Gasteiger partial charge >= 0.3 is 12.1 Å². The normalized spacial score (nSPS) is 18.2. The number of carbonyl (C=O) groups excluding carboxylic acids is 1. The van der Waals surface area contributed by atoms with Gasteiger partial charge in [0.25, 0.3) is 0 Å². The van der Waals surface area contributed by atoms with Crippen LogP contribution in [0.25, 0.3) is 0 Å². The number of aliphatic hydroxyl groups excluding tert-OH is 1. The minimum Gasteiger partial charge on any atom is -0.460 e. The molecule has 9 heteroatoms. The Hall–Kier alpha value is -3.07. The molecule has 2 fully saturated rings. The van der Waals surface area contributed by atoms with Crippen LogP contribution >= 0.6 is 0 Å². The second-order valence-electron chi connectivity index (χ2n) is 11.3. The quantitative estimate of drug-likeness (QED) is 0.267. The van der Waals surface area contributed by atoms with Crippen LogP contribution in [0.1, 0.15) is 67.2 Å². The minimum absolute atomic E-state index is 0.177. The summed E-state index contributed by atoms with van der Waals surface area (Å²) < 4.78 is 41.2. The third kappa shape index (κ3) is 6.97. The number of fused-ring (bicyclic) bond motifs is 1. The van der Waals surface area contributed by atoms with Crippen molar-refractivity contribution in [2.75, 3.05) is 50.7 Å². The van der Waals surface area contributed by atoms with Crippen molar-refractivity contribution in [3.63, 3.8) is 0 Å². The van der Waals surface area contributed by atoms with Crippen molar-refractivity contribution in [2.45, 2.75) is 64.2 Å². The van der Waals surface area contributed by atoms with Gasteiger partial charge in [0.15, 0.2) is 0 Å². The molecule has 0 unspecified atom stereocenters. The highest BCUT2D eigenvalue weighted by Gasteiger charge is 2.31. The zero-order valence-corrected chi connectivity index (χ0v) is 23.1. The highest BCUT2D eigenvalue weighted by atomic mass is 19.4. The predicted octanol–water partition coefficient (Wildman–Crippen LogP) is 5.43. The topological polar surface area (TPSA) is 50.0 Å². The van der Waals surface area contributed by atoms with Crippen molar-refractivity contribution in [3.05, 3.63) is 64.7 Å². The molecule has 40 heavy (non-hydrogen) atoms. The molecule has 0 atom stereocenters. The lowest BCUT2D eigenvalue weighted by Gasteiger charge is -2.36. The summed E-state index contributed by atoms with van der Waals surface area (Å²) in [4.78, 5) is 19.2. The van der Waals surface area contributed by atoms with Gasteiger partial charge in [-0.1, -0.05) is 18.6 Å². The van der Waals surface area contributed by atoms with E-state index in [1.165, 1.54) is 18.6 Å². The van der Waals surface area contributed by atoms with Gasteiger partial charge in [-0.3, -0.25) is 9.69 Å². The van der Waals surface area contributed by atoms with E-state index < -0.39 is 11.7 Å². The van der Waals surface area contributed by atoms with Crippen LogP contribution in [-0.2, 0) is 24.1 Å². The lowest BCUT2D eigenvalue weighted by Crippen LogP contribution is -2.46. The molecule has 2 saturated heterocycles. The molecule has 3 heterocycles. The minimum atomic E-state index is -4.32. The molecule has 2 aromatic carbocycles. The maximum absolute atomic E-state index is 13.0. The molecule has 3 aliphatic rings. The van der Waals surface area contributed by atoms with E-state index in [2.05, 4.69) is 9.48 Å². The number of rotatable bonds is 8. The van der Waals surface area contributed by atoms with E-state index in [0.717, 1.165) is 87.6 Å². The summed E-state index contributed by atoms with van der Waals surface area (Å²) in [7, 11) is 0. The number of piperazine rings is 1. The number of anilines is 1. The number of amides is 1. The Morgan fingerprint density at radius 3 is 2.38 bits per heavy atom. The number of unbranched alkanes of at least 4 members (excludes halogenated alkanes) is 2. The molecule has 0 bridgehead atoms. The second-order valence-corrected chi connectivity index (χ2v) is 11.3. The van der Waals surface area contributed by atoms with E-state index in [1.54, 1.807) is 6.07 Å². The molecule has 5 rings (SSSR count). The summed E-state index contributed by atoms with van der Waals surface area (Å²) in [6.07, 6.45) is 2.48. The Balaban J connectivity index is 1.00. The molecular formula is C31H40F3N4O2+. The fourth-order valence-electron chi connectivity index (χ4n) is 6.05. The molecule has 3 aliphatic heterocycles. The van der Waals surface area contributed by atoms with Crippen LogP contribution in [0.2, 0.25) is 0 Å². The lowest BCUT2D eigenvalue weighted by atomic mass is 10.1. The van der Waals surface area contributed by atoms with Crippen LogP contribution in [0.3, 0.4) is 0 Å². The standard InChI is InChI=1S/C31H39F3N4O2/c32-31(33,34)27-8-7-9-28(21-27)36-18-16-35(17-19-36)13-4-1-3-10-29(39)38-22-25-12-11-24(20-26(25)23-38)30(40)37-14-5-2-6-15-37/h7-9,11-12,20-21H,1-6,10,13-19,22-23H2/p+1. The Bertz CT molecular complexity index is 1210. The van der Waals surface area contributed by atoms with Crippen molar-refractivity contribution < 1.29 is 27.6 Å². The van der Waals surface area contributed by atoms with Gasteiger partial charge in [0.2, 0.25) is 5.91 Å². The smallest absolute Gasteiger partial charge is 0.416 e. The number of aliphatic hydroxyl groups is 1. The SMILES string of the molecule is O=C(CCCCCN1CCN(c2cccc(C(F)(F)F)c2)CC1)N1Cc2ccc(C(O)=[N+]3CCCCC3)cc2C1. The molecule has 0 radical (unpaired) electrons. The predicted molar refractivity (Wildman–Crippen MR) is 150 cm³/mol. The van der Waals surface area contributed by atoms with Crippen LogP contribution in [0.5, 0.6) is 0 Å². The van der Waals surface area contributed by atoms with E-state index in [9.17, 15) is 23.1 Å². The molecule has 1 amide bonds. The number of benzene rings is 2. The molecule has 1 N–H and O–H groups in total. The van der Waals surface area contributed by atoms with Crippen LogP contribution in [0, 0.1) is 0 Å². The average Bonchev–Trinajstić information content (AvgIpc) is 3.41. The number of hydrogen-bond acceptors (Lipinski definition) is 3. The van der Waals surface area contributed by atoms with Crippen molar-refractivity contribution >= 4 is 17.5 Å². The van der Waals surface area contributed by atoms with Gasteiger partial charge in [0.1, 0.15) is 13.1 Å². The number of alkyl halides is 3. The number of hydrogen-bond donors (Lipinski definition) is 1. The Labute approximate surface area is 234 Å². The summed E-state index contributed by atoms with van der Waals surface area (Å²) in [6.45, 7) is 7.05. The Morgan fingerprint density at radius 2 is 1.62 bits per heavy atom. The Kier molecular flexibility index (Phi) is 8.98. The number of halogens is 3. The first-order chi connectivity index (χ1) is 19.3. The zero-order chi connectivity index (χ0) is 28.1. The molecule has 6 nitrogen and oxygen atoms in total. The number of carbonyl (C=O) groups is 1. The molecule has 0 saturated carbocycles. The fraction of sp³-hybridized carbons (Fsp3) is 0.548. The number of nitrogens with zero attached hydrogens (tertiary/aromatic N) is 4. The summed E-state index contributed by atoms with van der Waals surface area (Å²) in [6, 6.07) is 11.6. The zero-order valence-electron chi connectivity index (χ0n) is 23.1. The van der Waals surface area contributed by atoms with E-state index >= 15 is 0 Å². The van der Waals surface area contributed by atoms with Crippen LogP contribution in [0.15, 0.2) is 42.5 Å². The number of piperidine rings is 1. The first-order valence-corrected chi connectivity index (χ1v) is 14.6. The van der Waals surface area contributed by atoms with Crippen molar-refractivity contribution in [1.29, 1.82) is 0 Å². The molecule has 0 aliphatic carbocycles. The van der Waals surface area contributed by atoms with Gasteiger partial charge in [-0.15, -0.1) is 0 Å². The van der Waals surface area contributed by atoms with Crippen molar-refractivity contribution in [3.8, 4) is 0 Å². The van der Waals surface area contributed by atoms with Gasteiger partial charge in [-0.2, -0.15) is 17.7 Å². The van der Waals surface area contributed by atoms with Gasteiger partial charge in [0.05, 0.1) is 11.1 Å². The first kappa shape index (κ1) is 28.5. The largest absolute Gasteiger partial charge is 0.460 e. The third-order valence-electron chi connectivity index (χ3n) is 8.47. The van der Waals surface area contributed by atoms with E-state index in [0.29, 0.717) is 44.2 Å². The summed E-state index contributed by atoms with van der Waals surface area (Å²) in [5, 5.41) is 10.7. The molecular weight excluding hydrogens is 517 g/mol. The third-order valence-corrected chi connectivity index (χ3v) is 8.47. The van der Waals surface area contributed by atoms with Crippen LogP contribution in [-0.4, -0.2) is 77.1 Å². The highest BCUT2D eigenvalue weighted by molar-refractivity contribution is 5.89. The van der Waals surface area contributed by atoms with Gasteiger partial charge < -0.3 is 14.9 Å². The summed E-state index contributed by atoms with van der Waals surface area (Å²) >= 11 is 0. The summed E-state index contributed by atoms with van der Waals surface area (Å²) in [5.41, 5.74) is 3.15. The van der Waals surface area contributed by atoms with Gasteiger partial charge in [0, 0.05) is 64.2 Å². The van der Waals surface area contributed by atoms with E-state index in [-0.39, 0.29) is 5.91 Å². The summed E-state index contributed by atoms with van der Waals surface area (Å²) in [5.74, 6) is 0.529. The Morgan fingerprint density at radius 1 is 0.875 bits per heavy atom. The highest BCUT2D eigenvalue weighted by Crippen LogP contribution is 2.32. The first-order valence-electron chi connectivity index (χ1n) is 14.6. The molecule has 0 spiro atoms. The van der Waals surface area contributed by atoms with Crippen LogP contribution < -0.4 is 4.90 Å². The van der Waals surface area contributed by atoms with Crippen LogP contribution in [0.4, 0.5) is 18.9 Å². The van der Waals surface area contributed by atoms with Crippen molar-refractivity contribution in [1.82, 2.24) is 9.80 Å². The van der Waals surface area contributed by atoms with Gasteiger partial charge in [-0.25, -0.2) is 0 Å². The molecule has 216 valence electrons. The maximum atomic E-state index is 13.0. The fourth-order valence-corrected chi connectivity index (χ4v) is 6.05. The second kappa shape index (κ2) is 12.6. The van der Waals surface area contributed by atoms with Gasteiger partial charge in [-0.05, 0) is 67.3 Å². The lowest BCUT2D eigenvalue weighted by molar-refractivity contribution is -0.544. The molecule has 0 aromatic heterocycles. The maximum Gasteiger partial charge on any atom is 0.416 e. The average molecular weight is 558 g/mol. The van der Waals surface area contributed by atoms with Crippen molar-refractivity contribution in [2.24, 2.45) is 0 Å². The molecule has 2 aromatic rings.